The fourth-order valence-corrected chi connectivity index (χ4v) is 3.65. The van der Waals surface area contributed by atoms with Crippen molar-refractivity contribution in [1.29, 1.82) is 5.26 Å². The van der Waals surface area contributed by atoms with Crippen LogP contribution in [0, 0.1) is 11.3 Å². The molecule has 0 aliphatic carbocycles. The fraction of sp³-hybridized carbons (Fsp3) is 0.273. The van der Waals surface area contributed by atoms with E-state index < -0.39 is 11.9 Å². The van der Waals surface area contributed by atoms with E-state index in [1.807, 2.05) is 6.07 Å². The van der Waals surface area contributed by atoms with Crippen molar-refractivity contribution in [2.24, 2.45) is 0 Å². The summed E-state index contributed by atoms with van der Waals surface area (Å²) in [6.07, 6.45) is -1.03. The topological polar surface area (TPSA) is 83.6 Å². The molecular formula is C22H18F3N5O. The predicted octanol–water partition coefficient (Wildman–Crippen LogP) is 4.49. The summed E-state index contributed by atoms with van der Waals surface area (Å²) in [6.45, 7) is 0.614. The second-order valence-electron chi connectivity index (χ2n) is 7.32. The zero-order valence-corrected chi connectivity index (χ0v) is 16.4. The number of rotatable bonds is 3. The number of nitrogens with one attached hydrogen (secondary N) is 1. The van der Waals surface area contributed by atoms with Crippen molar-refractivity contribution in [2.75, 3.05) is 0 Å². The lowest BCUT2D eigenvalue weighted by molar-refractivity contribution is -0.141. The minimum Gasteiger partial charge on any atom is -0.344 e. The summed E-state index contributed by atoms with van der Waals surface area (Å²) in [4.78, 5) is 16.1. The molecule has 0 saturated carbocycles. The number of benzene rings is 1. The molecule has 0 saturated heterocycles. The van der Waals surface area contributed by atoms with E-state index in [0.717, 1.165) is 30.8 Å². The van der Waals surface area contributed by atoms with Crippen LogP contribution in [0.25, 0.3) is 11.3 Å². The van der Waals surface area contributed by atoms with Crippen LogP contribution in [0.4, 0.5) is 13.2 Å². The van der Waals surface area contributed by atoms with Crippen LogP contribution in [0.1, 0.15) is 52.6 Å². The Kier molecular flexibility index (Phi) is 5.46. The number of halogens is 3. The first kappa shape index (κ1) is 20.6. The highest BCUT2D eigenvalue weighted by Crippen LogP contribution is 2.32. The molecule has 2 aromatic heterocycles. The number of amides is 1. The molecule has 3 aromatic rings. The Hall–Kier alpha value is -3.67. The summed E-state index contributed by atoms with van der Waals surface area (Å²) in [7, 11) is 0. The molecule has 1 aromatic carbocycles. The molecule has 4 rings (SSSR count). The van der Waals surface area contributed by atoms with Crippen LogP contribution in [0.2, 0.25) is 0 Å². The molecule has 0 unspecified atom stereocenters. The number of pyridine rings is 1. The molecular weight excluding hydrogens is 407 g/mol. The highest BCUT2D eigenvalue weighted by atomic mass is 19.4. The Balaban J connectivity index is 1.63. The molecule has 1 aliphatic heterocycles. The van der Waals surface area contributed by atoms with Crippen molar-refractivity contribution in [1.82, 2.24) is 20.1 Å². The van der Waals surface area contributed by atoms with Crippen molar-refractivity contribution >= 4 is 5.91 Å². The average molecular weight is 425 g/mol. The summed E-state index contributed by atoms with van der Waals surface area (Å²) in [5.41, 5.74) is 1.24. The maximum atomic E-state index is 13.0. The number of aromatic nitrogens is 3. The SMILES string of the molecule is N#Cc1cccc(C(=O)N[C@H]2CCCCn3nc(-c4ccnc(C(F)(F)F)c4)cc32)c1. The summed E-state index contributed by atoms with van der Waals surface area (Å²) in [6, 6.07) is 12.3. The Morgan fingerprint density at radius 1 is 1.19 bits per heavy atom. The Labute approximate surface area is 176 Å². The van der Waals surface area contributed by atoms with Gasteiger partial charge in [0, 0.05) is 23.9 Å². The normalized spacial score (nSPS) is 16.1. The third-order valence-corrected chi connectivity index (χ3v) is 5.19. The lowest BCUT2D eigenvalue weighted by Crippen LogP contribution is -2.29. The van der Waals surface area contributed by atoms with E-state index in [9.17, 15) is 18.0 Å². The second kappa shape index (κ2) is 8.22. The van der Waals surface area contributed by atoms with Crippen LogP contribution in [0.3, 0.4) is 0 Å². The van der Waals surface area contributed by atoms with Gasteiger partial charge >= 0.3 is 6.18 Å². The summed E-state index contributed by atoms with van der Waals surface area (Å²) in [5, 5.41) is 16.5. The van der Waals surface area contributed by atoms with Crippen molar-refractivity contribution < 1.29 is 18.0 Å². The maximum absolute atomic E-state index is 13.0. The molecule has 0 radical (unpaired) electrons. The highest BCUT2D eigenvalue weighted by molar-refractivity contribution is 5.94. The first-order valence-electron chi connectivity index (χ1n) is 9.77. The third-order valence-electron chi connectivity index (χ3n) is 5.19. The molecule has 158 valence electrons. The van der Waals surface area contributed by atoms with Gasteiger partial charge in [-0.05, 0) is 55.7 Å². The van der Waals surface area contributed by atoms with Gasteiger partial charge in [0.1, 0.15) is 5.69 Å². The molecule has 0 spiro atoms. The summed E-state index contributed by atoms with van der Waals surface area (Å²) >= 11 is 0. The first-order valence-corrected chi connectivity index (χ1v) is 9.77. The van der Waals surface area contributed by atoms with Gasteiger partial charge in [-0.25, -0.2) is 0 Å². The molecule has 1 atom stereocenters. The largest absolute Gasteiger partial charge is 0.433 e. The van der Waals surface area contributed by atoms with Gasteiger partial charge in [-0.1, -0.05) is 6.07 Å². The van der Waals surface area contributed by atoms with E-state index in [1.165, 1.54) is 12.1 Å². The number of alkyl halides is 3. The van der Waals surface area contributed by atoms with E-state index in [2.05, 4.69) is 15.4 Å². The highest BCUT2D eigenvalue weighted by Gasteiger charge is 2.33. The van der Waals surface area contributed by atoms with E-state index in [4.69, 9.17) is 5.26 Å². The minimum atomic E-state index is -4.54. The van der Waals surface area contributed by atoms with Crippen LogP contribution in [-0.2, 0) is 12.7 Å². The van der Waals surface area contributed by atoms with Gasteiger partial charge in [0.25, 0.3) is 5.91 Å². The molecule has 3 heterocycles. The molecule has 1 N–H and O–H groups in total. The van der Waals surface area contributed by atoms with Gasteiger partial charge in [-0.2, -0.15) is 23.5 Å². The van der Waals surface area contributed by atoms with E-state index in [0.29, 0.717) is 35.3 Å². The lowest BCUT2D eigenvalue weighted by atomic mass is 10.0. The maximum Gasteiger partial charge on any atom is 0.433 e. The smallest absolute Gasteiger partial charge is 0.344 e. The summed E-state index contributed by atoms with van der Waals surface area (Å²) in [5.74, 6) is -0.318. The van der Waals surface area contributed by atoms with Gasteiger partial charge in [0.05, 0.1) is 29.1 Å². The van der Waals surface area contributed by atoms with Gasteiger partial charge < -0.3 is 5.32 Å². The predicted molar refractivity (Wildman–Crippen MR) is 106 cm³/mol. The number of aryl methyl sites for hydroxylation is 1. The number of carbonyl (C=O) groups is 1. The van der Waals surface area contributed by atoms with Crippen molar-refractivity contribution in [3.8, 4) is 17.3 Å². The van der Waals surface area contributed by atoms with E-state index >= 15 is 0 Å². The lowest BCUT2D eigenvalue weighted by Gasteiger charge is -2.17. The average Bonchev–Trinajstić information content (AvgIpc) is 3.11. The molecule has 0 fully saturated rings. The quantitative estimate of drug-likeness (QED) is 0.670. The van der Waals surface area contributed by atoms with E-state index in [-0.39, 0.29) is 11.9 Å². The first-order chi connectivity index (χ1) is 14.8. The van der Waals surface area contributed by atoms with Gasteiger partial charge in [0.2, 0.25) is 0 Å². The zero-order valence-electron chi connectivity index (χ0n) is 16.4. The molecule has 6 nitrogen and oxygen atoms in total. The van der Waals surface area contributed by atoms with Crippen LogP contribution < -0.4 is 5.32 Å². The molecule has 1 amide bonds. The van der Waals surface area contributed by atoms with Crippen LogP contribution in [0.15, 0.2) is 48.7 Å². The number of nitriles is 1. The second-order valence-corrected chi connectivity index (χ2v) is 7.32. The zero-order chi connectivity index (χ0) is 22.0. The molecule has 0 bridgehead atoms. The van der Waals surface area contributed by atoms with E-state index in [1.54, 1.807) is 28.9 Å². The van der Waals surface area contributed by atoms with Gasteiger partial charge in [-0.3, -0.25) is 14.5 Å². The van der Waals surface area contributed by atoms with Gasteiger partial charge in [0.15, 0.2) is 0 Å². The molecule has 1 aliphatic rings. The molecule has 9 heteroatoms. The van der Waals surface area contributed by atoms with Crippen molar-refractivity contribution in [3.05, 3.63) is 71.2 Å². The fourth-order valence-electron chi connectivity index (χ4n) is 3.65. The van der Waals surface area contributed by atoms with Crippen LogP contribution >= 0.6 is 0 Å². The summed E-state index contributed by atoms with van der Waals surface area (Å²) < 4.78 is 40.8. The van der Waals surface area contributed by atoms with Crippen LogP contribution in [-0.4, -0.2) is 20.7 Å². The van der Waals surface area contributed by atoms with Crippen molar-refractivity contribution in [3.63, 3.8) is 0 Å². The number of fused-ring (bicyclic) bond motifs is 1. The Morgan fingerprint density at radius 3 is 2.81 bits per heavy atom. The van der Waals surface area contributed by atoms with Crippen LogP contribution in [0.5, 0.6) is 0 Å². The minimum absolute atomic E-state index is 0.315. The molecule has 31 heavy (non-hydrogen) atoms. The number of hydrogen-bond donors (Lipinski definition) is 1. The third kappa shape index (κ3) is 4.43. The van der Waals surface area contributed by atoms with Gasteiger partial charge in [-0.15, -0.1) is 0 Å². The number of hydrogen-bond acceptors (Lipinski definition) is 4. The Morgan fingerprint density at radius 2 is 2.03 bits per heavy atom. The Bertz CT molecular complexity index is 1160. The standard InChI is InChI=1S/C22H18F3N5O/c23-22(24,25)20-11-15(7-8-27-20)18-12-19-17(6-1-2-9-30(19)29-18)28-21(31)16-5-3-4-14(10-16)13-26/h3-5,7-8,10-12,17H,1-2,6,9H2,(H,28,31)/t17-/m0/s1. The monoisotopic (exact) mass is 425 g/mol. The number of nitrogens with zero attached hydrogens (tertiary/aromatic N) is 4. The number of carbonyl (C=O) groups excluding carboxylic acids is 1. The van der Waals surface area contributed by atoms with Crippen molar-refractivity contribution in [2.45, 2.75) is 38.0 Å².